The highest BCUT2D eigenvalue weighted by molar-refractivity contribution is 7.92. The Morgan fingerprint density at radius 3 is 2.29 bits per heavy atom. The van der Waals surface area contributed by atoms with E-state index in [0.717, 1.165) is 33.7 Å². The number of hydrogen-bond acceptors (Lipinski definition) is 4. The Hall–Kier alpha value is -2.87. The van der Waals surface area contributed by atoms with Crippen LogP contribution in [0.5, 0.6) is 0 Å². The maximum atomic E-state index is 13.6. The molecule has 0 bridgehead atoms. The summed E-state index contributed by atoms with van der Waals surface area (Å²) in [5.41, 5.74) is 3.22. The first-order valence-electron chi connectivity index (χ1n) is 11.7. The summed E-state index contributed by atoms with van der Waals surface area (Å²) >= 11 is 0. The number of carbonyl (C=O) groups excluding carboxylic acids is 2. The van der Waals surface area contributed by atoms with E-state index in [1.54, 1.807) is 19.1 Å². The highest BCUT2D eigenvalue weighted by Gasteiger charge is 2.31. The lowest BCUT2D eigenvalue weighted by Crippen LogP contribution is -2.52. The first-order valence-corrected chi connectivity index (χ1v) is 13.5. The highest BCUT2D eigenvalue weighted by Crippen LogP contribution is 2.24. The average Bonchev–Trinajstić information content (AvgIpc) is 2.79. The molecule has 2 atom stereocenters. The molecule has 1 N–H and O–H groups in total. The SMILES string of the molecule is CCc1ccccc1N(CC(=O)N(Cc1cccc(C)c1)[C@H](C)C(=O)N[C@H](C)CC)S(C)(=O)=O. The lowest BCUT2D eigenvalue weighted by molar-refractivity contribution is -0.139. The van der Waals surface area contributed by atoms with Crippen molar-refractivity contribution in [3.63, 3.8) is 0 Å². The third-order valence-corrected chi connectivity index (χ3v) is 7.05. The molecule has 0 saturated carbocycles. The third kappa shape index (κ3) is 7.32. The minimum absolute atomic E-state index is 0.0326. The molecule has 0 aliphatic rings. The van der Waals surface area contributed by atoms with E-state index in [9.17, 15) is 18.0 Å². The van der Waals surface area contributed by atoms with Crippen molar-refractivity contribution in [1.82, 2.24) is 10.2 Å². The fourth-order valence-electron chi connectivity index (χ4n) is 3.70. The van der Waals surface area contributed by atoms with Crippen LogP contribution in [0.3, 0.4) is 0 Å². The lowest BCUT2D eigenvalue weighted by Gasteiger charge is -2.32. The summed E-state index contributed by atoms with van der Waals surface area (Å²) in [7, 11) is -3.74. The fourth-order valence-corrected chi connectivity index (χ4v) is 4.58. The summed E-state index contributed by atoms with van der Waals surface area (Å²) in [5.74, 6) is -0.708. The van der Waals surface area contributed by atoms with E-state index < -0.39 is 22.0 Å². The molecule has 186 valence electrons. The van der Waals surface area contributed by atoms with Gasteiger partial charge in [-0.05, 0) is 50.8 Å². The van der Waals surface area contributed by atoms with E-state index in [-0.39, 0.29) is 25.0 Å². The van der Waals surface area contributed by atoms with Gasteiger partial charge in [-0.25, -0.2) is 8.42 Å². The molecule has 8 heteroatoms. The van der Waals surface area contributed by atoms with Gasteiger partial charge >= 0.3 is 0 Å². The molecule has 2 amide bonds. The van der Waals surface area contributed by atoms with Gasteiger partial charge in [0.1, 0.15) is 12.6 Å². The highest BCUT2D eigenvalue weighted by atomic mass is 32.2. The molecule has 0 aliphatic carbocycles. The predicted octanol–water partition coefficient (Wildman–Crippen LogP) is 3.66. The Kier molecular flexibility index (Phi) is 9.67. The number of benzene rings is 2. The molecule has 34 heavy (non-hydrogen) atoms. The molecule has 2 aromatic rings. The average molecular weight is 488 g/mol. The van der Waals surface area contributed by atoms with Crippen LogP contribution in [-0.4, -0.2) is 50.0 Å². The molecule has 0 aliphatic heterocycles. The second-order valence-electron chi connectivity index (χ2n) is 8.76. The van der Waals surface area contributed by atoms with Gasteiger partial charge in [-0.15, -0.1) is 0 Å². The van der Waals surface area contributed by atoms with Crippen LogP contribution in [0, 0.1) is 6.92 Å². The molecule has 2 aromatic carbocycles. The number of anilines is 1. The number of amides is 2. The van der Waals surface area contributed by atoms with E-state index >= 15 is 0 Å². The number of sulfonamides is 1. The number of nitrogens with zero attached hydrogens (tertiary/aromatic N) is 2. The van der Waals surface area contributed by atoms with Gasteiger partial charge < -0.3 is 10.2 Å². The van der Waals surface area contributed by atoms with Gasteiger partial charge in [0, 0.05) is 12.6 Å². The van der Waals surface area contributed by atoms with Gasteiger partial charge in [-0.1, -0.05) is 61.9 Å². The second kappa shape index (κ2) is 12.0. The van der Waals surface area contributed by atoms with Crippen LogP contribution in [0.1, 0.15) is 50.8 Å². The zero-order valence-electron chi connectivity index (χ0n) is 21.0. The van der Waals surface area contributed by atoms with Crippen molar-refractivity contribution < 1.29 is 18.0 Å². The van der Waals surface area contributed by atoms with Crippen LogP contribution in [0.4, 0.5) is 5.69 Å². The van der Waals surface area contributed by atoms with E-state index in [1.807, 2.05) is 64.1 Å². The summed E-state index contributed by atoms with van der Waals surface area (Å²) in [6.07, 6.45) is 2.48. The van der Waals surface area contributed by atoms with Gasteiger partial charge in [0.2, 0.25) is 21.8 Å². The number of nitrogens with one attached hydrogen (secondary N) is 1. The van der Waals surface area contributed by atoms with Crippen LogP contribution in [0.2, 0.25) is 0 Å². The normalized spacial score (nSPS) is 13.1. The Balaban J connectivity index is 2.42. The Morgan fingerprint density at radius 2 is 1.71 bits per heavy atom. The van der Waals surface area contributed by atoms with Crippen LogP contribution in [0.25, 0.3) is 0 Å². The van der Waals surface area contributed by atoms with Crippen molar-refractivity contribution in [3.05, 3.63) is 65.2 Å². The largest absolute Gasteiger partial charge is 0.352 e. The molecular formula is C26H37N3O4S. The fraction of sp³-hybridized carbons (Fsp3) is 0.462. The van der Waals surface area contributed by atoms with Crippen LogP contribution < -0.4 is 9.62 Å². The number of rotatable bonds is 11. The summed E-state index contributed by atoms with van der Waals surface area (Å²) in [4.78, 5) is 28.0. The van der Waals surface area contributed by atoms with Gasteiger partial charge in [0.15, 0.2) is 0 Å². The standard InChI is InChI=1S/C26H37N3O4S/c1-7-20(4)27-26(31)21(5)28(17-22-13-11-12-19(3)16-22)25(30)18-29(34(6,32)33)24-15-10-9-14-23(24)8-2/h9-16,20-21H,7-8,17-18H2,1-6H3,(H,27,31)/t20-,21-/m1/s1. The number of aryl methyl sites for hydroxylation is 2. The van der Waals surface area contributed by atoms with Crippen LogP contribution in [-0.2, 0) is 32.6 Å². The minimum atomic E-state index is -3.74. The van der Waals surface area contributed by atoms with E-state index in [1.165, 1.54) is 4.90 Å². The van der Waals surface area contributed by atoms with E-state index in [2.05, 4.69) is 5.32 Å². The number of para-hydroxylation sites is 1. The molecule has 0 aromatic heterocycles. The quantitative estimate of drug-likeness (QED) is 0.524. The molecule has 0 fully saturated rings. The Labute approximate surface area is 204 Å². The van der Waals surface area contributed by atoms with E-state index in [0.29, 0.717) is 12.1 Å². The molecule has 0 saturated heterocycles. The molecule has 2 rings (SSSR count). The maximum Gasteiger partial charge on any atom is 0.244 e. The van der Waals surface area contributed by atoms with Crippen molar-refractivity contribution in [2.45, 2.75) is 66.1 Å². The Morgan fingerprint density at radius 1 is 1.03 bits per heavy atom. The van der Waals surface area contributed by atoms with E-state index in [4.69, 9.17) is 0 Å². The zero-order chi connectivity index (χ0) is 25.5. The second-order valence-corrected chi connectivity index (χ2v) is 10.7. The molecular weight excluding hydrogens is 450 g/mol. The summed E-state index contributed by atoms with van der Waals surface area (Å²) in [6, 6.07) is 14.1. The maximum absolute atomic E-state index is 13.6. The number of hydrogen-bond donors (Lipinski definition) is 1. The molecule has 0 spiro atoms. The summed E-state index contributed by atoms with van der Waals surface area (Å²) in [6.45, 7) is 9.26. The molecule has 0 heterocycles. The number of carbonyl (C=O) groups is 2. The first kappa shape index (κ1) is 27.4. The van der Waals surface area contributed by atoms with Crippen molar-refractivity contribution in [1.29, 1.82) is 0 Å². The third-order valence-electron chi connectivity index (χ3n) is 5.92. The minimum Gasteiger partial charge on any atom is -0.352 e. The van der Waals surface area contributed by atoms with Crippen LogP contribution in [0.15, 0.2) is 48.5 Å². The van der Waals surface area contributed by atoms with Gasteiger partial charge in [-0.3, -0.25) is 13.9 Å². The van der Waals surface area contributed by atoms with Gasteiger partial charge in [-0.2, -0.15) is 0 Å². The topological polar surface area (TPSA) is 86.8 Å². The Bertz CT molecular complexity index is 1100. The lowest BCUT2D eigenvalue weighted by atomic mass is 10.1. The van der Waals surface area contributed by atoms with Crippen molar-refractivity contribution in [3.8, 4) is 0 Å². The molecule has 7 nitrogen and oxygen atoms in total. The van der Waals surface area contributed by atoms with Gasteiger partial charge in [0.05, 0.1) is 11.9 Å². The molecule has 0 radical (unpaired) electrons. The first-order chi connectivity index (χ1) is 16.0. The molecule has 0 unspecified atom stereocenters. The summed E-state index contributed by atoms with van der Waals surface area (Å²) < 4.78 is 26.6. The van der Waals surface area contributed by atoms with Crippen molar-refractivity contribution >= 4 is 27.5 Å². The predicted molar refractivity (Wildman–Crippen MR) is 137 cm³/mol. The monoisotopic (exact) mass is 487 g/mol. The van der Waals surface area contributed by atoms with Crippen LogP contribution >= 0.6 is 0 Å². The summed E-state index contributed by atoms with van der Waals surface area (Å²) in [5, 5.41) is 2.93. The van der Waals surface area contributed by atoms with Gasteiger partial charge in [0.25, 0.3) is 0 Å². The van der Waals surface area contributed by atoms with Crippen molar-refractivity contribution in [2.24, 2.45) is 0 Å². The van der Waals surface area contributed by atoms with Crippen molar-refractivity contribution in [2.75, 3.05) is 17.1 Å². The smallest absolute Gasteiger partial charge is 0.244 e. The zero-order valence-corrected chi connectivity index (χ0v) is 21.9.